The fraction of sp³-hybridized carbons (Fsp3) is 0.211. The third kappa shape index (κ3) is 3.17. The van der Waals surface area contributed by atoms with Crippen molar-refractivity contribution in [1.29, 1.82) is 0 Å². The number of carbonyl (C=O) groups excluding carboxylic acids is 3. The molecule has 1 aliphatic rings. The van der Waals surface area contributed by atoms with Crippen molar-refractivity contribution in [2.75, 3.05) is 6.54 Å². The Morgan fingerprint density at radius 3 is 2.30 bits per heavy atom. The van der Waals surface area contributed by atoms with E-state index in [1.165, 1.54) is 24.3 Å². The maximum Gasteiger partial charge on any atom is 0.325 e. The molecule has 1 N–H and O–H groups in total. The smallest absolute Gasteiger partial charge is 0.319 e. The largest absolute Gasteiger partial charge is 0.325 e. The minimum absolute atomic E-state index is 0.143. The normalized spacial score (nSPS) is 19.1. The molecule has 1 atom stereocenters. The second-order valence-corrected chi connectivity index (χ2v) is 6.17. The lowest BCUT2D eigenvalue weighted by Crippen LogP contribution is -2.43. The fourth-order valence-corrected chi connectivity index (χ4v) is 3.14. The molecule has 2 aromatic rings. The van der Waals surface area contributed by atoms with Gasteiger partial charge in [0.2, 0.25) is 0 Å². The van der Waals surface area contributed by atoms with Gasteiger partial charge >= 0.3 is 6.03 Å². The molecule has 0 bridgehead atoms. The lowest BCUT2D eigenvalue weighted by atomic mass is 9.87. The molecule has 1 aliphatic heterocycles. The van der Waals surface area contributed by atoms with Crippen molar-refractivity contribution in [3.8, 4) is 0 Å². The van der Waals surface area contributed by atoms with Crippen molar-refractivity contribution in [3.63, 3.8) is 0 Å². The quantitative estimate of drug-likeness (QED) is 0.365. The Labute approximate surface area is 154 Å². The van der Waals surface area contributed by atoms with Crippen LogP contribution in [0.15, 0.2) is 54.6 Å². The summed E-state index contributed by atoms with van der Waals surface area (Å²) in [6, 6.07) is 13.3. The topological polar surface area (TPSA) is 110 Å². The van der Waals surface area contributed by atoms with E-state index in [9.17, 15) is 24.5 Å². The van der Waals surface area contributed by atoms with Gasteiger partial charge < -0.3 is 5.32 Å². The number of rotatable bonds is 6. The number of nitro benzene ring substituents is 1. The van der Waals surface area contributed by atoms with Gasteiger partial charge in [-0.1, -0.05) is 37.3 Å². The van der Waals surface area contributed by atoms with E-state index < -0.39 is 34.7 Å². The highest BCUT2D eigenvalue weighted by Crippen LogP contribution is 2.32. The monoisotopic (exact) mass is 367 g/mol. The van der Waals surface area contributed by atoms with Gasteiger partial charge in [-0.15, -0.1) is 0 Å². The Hall–Kier alpha value is -3.55. The third-order valence-electron chi connectivity index (χ3n) is 4.67. The van der Waals surface area contributed by atoms with Gasteiger partial charge in [0, 0.05) is 17.7 Å². The van der Waals surface area contributed by atoms with E-state index in [0.29, 0.717) is 12.0 Å². The van der Waals surface area contributed by atoms with Crippen LogP contribution >= 0.6 is 0 Å². The first-order valence-corrected chi connectivity index (χ1v) is 8.36. The molecule has 0 radical (unpaired) electrons. The second kappa shape index (κ2) is 6.99. The maximum atomic E-state index is 13.0. The zero-order valence-corrected chi connectivity index (χ0v) is 14.5. The number of urea groups is 1. The van der Waals surface area contributed by atoms with Gasteiger partial charge in [0.25, 0.3) is 11.6 Å². The van der Waals surface area contributed by atoms with Crippen LogP contribution in [-0.2, 0) is 10.3 Å². The summed E-state index contributed by atoms with van der Waals surface area (Å²) in [6.07, 6.45) is 0.337. The predicted molar refractivity (Wildman–Crippen MR) is 96.1 cm³/mol. The van der Waals surface area contributed by atoms with Gasteiger partial charge in [-0.3, -0.25) is 24.6 Å². The van der Waals surface area contributed by atoms with E-state index >= 15 is 0 Å². The number of non-ortho nitro benzene ring substituents is 1. The standard InChI is InChI=1S/C19H17N3O5/c1-2-19(14-6-4-3-5-7-14)17(24)21(18(25)20-19)12-16(23)13-8-10-15(11-9-13)22(26)27/h3-11H,2,12H2,1H3,(H,20,25). The summed E-state index contributed by atoms with van der Waals surface area (Å²) in [5.41, 5.74) is -0.504. The fourth-order valence-electron chi connectivity index (χ4n) is 3.14. The number of nitrogens with zero attached hydrogens (tertiary/aromatic N) is 2. The summed E-state index contributed by atoms with van der Waals surface area (Å²) in [7, 11) is 0. The maximum absolute atomic E-state index is 13.0. The van der Waals surface area contributed by atoms with E-state index in [1.54, 1.807) is 31.2 Å². The second-order valence-electron chi connectivity index (χ2n) is 6.17. The van der Waals surface area contributed by atoms with Crippen LogP contribution in [0.4, 0.5) is 10.5 Å². The molecule has 27 heavy (non-hydrogen) atoms. The molecule has 1 fully saturated rings. The Morgan fingerprint density at radius 1 is 1.11 bits per heavy atom. The highest BCUT2D eigenvalue weighted by Gasteiger charge is 2.51. The first kappa shape index (κ1) is 18.2. The number of nitro groups is 1. The van der Waals surface area contributed by atoms with Gasteiger partial charge in [0.05, 0.1) is 11.5 Å². The molecule has 2 aromatic carbocycles. The number of benzene rings is 2. The van der Waals surface area contributed by atoms with E-state index in [-0.39, 0.29) is 11.3 Å². The molecule has 1 unspecified atom stereocenters. The minimum Gasteiger partial charge on any atom is -0.319 e. The number of imide groups is 1. The first-order chi connectivity index (χ1) is 12.9. The molecule has 1 saturated heterocycles. The number of carbonyl (C=O) groups is 3. The average Bonchev–Trinajstić information content (AvgIpc) is 2.93. The predicted octanol–water partition coefficient (Wildman–Crippen LogP) is 2.63. The summed E-state index contributed by atoms with van der Waals surface area (Å²) in [6.45, 7) is 1.35. The van der Waals surface area contributed by atoms with Crippen molar-refractivity contribution in [2.24, 2.45) is 0 Å². The van der Waals surface area contributed by atoms with Gasteiger partial charge in [-0.2, -0.15) is 0 Å². The molecule has 1 heterocycles. The molecule has 8 heteroatoms. The zero-order valence-electron chi connectivity index (χ0n) is 14.5. The van der Waals surface area contributed by atoms with E-state index in [4.69, 9.17) is 0 Å². The van der Waals surface area contributed by atoms with E-state index in [2.05, 4.69) is 5.32 Å². The Morgan fingerprint density at radius 2 is 1.74 bits per heavy atom. The minimum atomic E-state index is -1.20. The molecule has 0 aromatic heterocycles. The van der Waals surface area contributed by atoms with Crippen LogP contribution in [0.3, 0.4) is 0 Å². The summed E-state index contributed by atoms with van der Waals surface area (Å²) in [5, 5.41) is 13.4. The lowest BCUT2D eigenvalue weighted by molar-refractivity contribution is -0.384. The van der Waals surface area contributed by atoms with Crippen LogP contribution in [0.2, 0.25) is 0 Å². The molecule has 0 saturated carbocycles. The van der Waals surface area contributed by atoms with E-state index in [0.717, 1.165) is 4.90 Å². The SMILES string of the molecule is CCC1(c2ccccc2)NC(=O)N(CC(=O)c2ccc([N+](=O)[O-])cc2)C1=O. The van der Waals surface area contributed by atoms with Crippen LogP contribution in [0.1, 0.15) is 29.3 Å². The molecular weight excluding hydrogens is 350 g/mol. The number of Topliss-reactive ketones (excluding diaryl/α,β-unsaturated/α-hetero) is 1. The molecule has 0 aliphatic carbocycles. The number of ketones is 1. The summed E-state index contributed by atoms with van der Waals surface area (Å²) < 4.78 is 0. The van der Waals surface area contributed by atoms with Crippen LogP contribution in [0.25, 0.3) is 0 Å². The van der Waals surface area contributed by atoms with Crippen molar-refractivity contribution >= 4 is 23.4 Å². The lowest BCUT2D eigenvalue weighted by Gasteiger charge is -2.25. The first-order valence-electron chi connectivity index (χ1n) is 8.36. The molecule has 3 rings (SSSR count). The van der Waals surface area contributed by atoms with Crippen molar-refractivity contribution in [3.05, 3.63) is 75.8 Å². The van der Waals surface area contributed by atoms with Crippen LogP contribution in [0, 0.1) is 10.1 Å². The van der Waals surface area contributed by atoms with Gasteiger partial charge in [-0.25, -0.2) is 4.79 Å². The van der Waals surface area contributed by atoms with Crippen LogP contribution in [-0.4, -0.2) is 34.1 Å². The number of nitrogens with one attached hydrogen (secondary N) is 1. The van der Waals surface area contributed by atoms with Crippen LogP contribution < -0.4 is 5.32 Å². The summed E-state index contributed by atoms with van der Waals surface area (Å²) in [5.74, 6) is -0.968. The van der Waals surface area contributed by atoms with Gasteiger partial charge in [0.1, 0.15) is 5.54 Å². The van der Waals surface area contributed by atoms with Crippen LogP contribution in [0.5, 0.6) is 0 Å². The average molecular weight is 367 g/mol. The summed E-state index contributed by atoms with van der Waals surface area (Å²) >= 11 is 0. The molecule has 3 amide bonds. The molecule has 138 valence electrons. The van der Waals surface area contributed by atoms with Crippen molar-refractivity contribution < 1.29 is 19.3 Å². The number of hydrogen-bond donors (Lipinski definition) is 1. The number of amides is 3. The Bertz CT molecular complexity index is 911. The van der Waals surface area contributed by atoms with E-state index in [1.807, 2.05) is 6.07 Å². The number of hydrogen-bond acceptors (Lipinski definition) is 5. The molecule has 8 nitrogen and oxygen atoms in total. The zero-order chi connectivity index (χ0) is 19.6. The molecular formula is C19H17N3O5. The highest BCUT2D eigenvalue weighted by atomic mass is 16.6. The van der Waals surface area contributed by atoms with Gasteiger partial charge in [-0.05, 0) is 24.1 Å². The molecule has 0 spiro atoms. The summed E-state index contributed by atoms with van der Waals surface area (Å²) in [4.78, 5) is 48.9. The van der Waals surface area contributed by atoms with Gasteiger partial charge in [0.15, 0.2) is 5.78 Å². The Kier molecular flexibility index (Phi) is 4.72. The Balaban J connectivity index is 1.83. The van der Waals surface area contributed by atoms with Crippen molar-refractivity contribution in [1.82, 2.24) is 10.2 Å². The highest BCUT2D eigenvalue weighted by molar-refractivity contribution is 6.11. The third-order valence-corrected chi connectivity index (χ3v) is 4.67. The van der Waals surface area contributed by atoms with Crippen molar-refractivity contribution in [2.45, 2.75) is 18.9 Å².